The van der Waals surface area contributed by atoms with Gasteiger partial charge in [-0.05, 0) is 73.5 Å². The van der Waals surface area contributed by atoms with Gasteiger partial charge in [0.1, 0.15) is 49.0 Å². The zero-order valence-electron chi connectivity index (χ0n) is 39.7. The van der Waals surface area contributed by atoms with Gasteiger partial charge < -0.3 is 77.9 Å². The van der Waals surface area contributed by atoms with Crippen molar-refractivity contribution in [2.75, 3.05) is 34.9 Å². The topological polar surface area (TPSA) is 239 Å². The van der Waals surface area contributed by atoms with Crippen LogP contribution in [0.5, 0.6) is 0 Å². The molecule has 4 heterocycles. The standard InChI is InChI=1S/C46H77NO17/c1-13-33-30(22-58-45-42(57-12)41(56-11)37(52)26(5)60-45)18-23(2)14-15-31(49)24(3)19-29(16-17-48)39(25(4)32(50)20-34(51)62-33)64-44-38(53)36(47(9)10)40(27(6)61-44)63-35-21-46(8,55)43(54)28(7)59-35/h14-15,17-18,24-30,32-33,35-45,50,52-55H,13,16,19-22H2,1-12H3/b15-14-,23-18+. The van der Waals surface area contributed by atoms with Crippen LogP contribution in [0.4, 0.5) is 0 Å². The first kappa shape index (κ1) is 54.3. The van der Waals surface area contributed by atoms with Gasteiger partial charge in [-0.1, -0.05) is 38.5 Å². The Morgan fingerprint density at radius 1 is 0.859 bits per heavy atom. The molecule has 0 bridgehead atoms. The number of likely N-dealkylation sites (N-methyl/N-ethyl adjacent to an activating group) is 1. The van der Waals surface area contributed by atoms with Crippen molar-refractivity contribution in [3.8, 4) is 0 Å². The minimum absolute atomic E-state index is 0.00788. The number of carbonyl (C=O) groups excluding carboxylic acids is 3. The van der Waals surface area contributed by atoms with E-state index in [0.717, 1.165) is 6.29 Å². The smallest absolute Gasteiger partial charge is 0.308 e. The number of ketones is 1. The normalized spacial score (nSPS) is 45.9. The lowest BCUT2D eigenvalue weighted by atomic mass is 9.79. The second-order valence-electron chi connectivity index (χ2n) is 18.7. The number of rotatable bonds is 13. The summed E-state index contributed by atoms with van der Waals surface area (Å²) in [5.74, 6) is -3.59. The third kappa shape index (κ3) is 13.5. The number of methoxy groups -OCH3 is 2. The molecule has 5 N–H and O–H groups in total. The third-order valence-electron chi connectivity index (χ3n) is 13.4. The molecule has 18 heteroatoms. The highest BCUT2D eigenvalue weighted by Gasteiger charge is 2.52. The second-order valence-corrected chi connectivity index (χ2v) is 18.7. The molecule has 3 fully saturated rings. The van der Waals surface area contributed by atoms with E-state index in [0.29, 0.717) is 12.0 Å². The molecule has 0 aromatic rings. The molecule has 368 valence electrons. The van der Waals surface area contributed by atoms with Crippen molar-refractivity contribution in [2.24, 2.45) is 23.7 Å². The minimum atomic E-state index is -1.49. The highest BCUT2D eigenvalue weighted by atomic mass is 16.7. The van der Waals surface area contributed by atoms with Crippen LogP contribution in [-0.2, 0) is 57.0 Å². The molecule has 64 heavy (non-hydrogen) atoms. The van der Waals surface area contributed by atoms with E-state index in [1.54, 1.807) is 59.7 Å². The predicted molar refractivity (Wildman–Crippen MR) is 230 cm³/mol. The Labute approximate surface area is 378 Å². The predicted octanol–water partition coefficient (Wildman–Crippen LogP) is 1.83. The Kier molecular flexibility index (Phi) is 20.5. The number of aliphatic hydroxyl groups is 5. The molecule has 0 aromatic heterocycles. The van der Waals surface area contributed by atoms with Gasteiger partial charge in [-0.3, -0.25) is 9.59 Å². The summed E-state index contributed by atoms with van der Waals surface area (Å²) in [5.41, 5.74) is -0.806. The van der Waals surface area contributed by atoms with Crippen LogP contribution in [0.25, 0.3) is 0 Å². The van der Waals surface area contributed by atoms with Crippen LogP contribution >= 0.6 is 0 Å². The van der Waals surface area contributed by atoms with Gasteiger partial charge in [0.2, 0.25) is 0 Å². The Balaban J connectivity index is 1.62. The summed E-state index contributed by atoms with van der Waals surface area (Å²) in [6.45, 7) is 13.6. The second kappa shape index (κ2) is 24.1. The summed E-state index contributed by atoms with van der Waals surface area (Å²) in [7, 11) is 6.43. The molecule has 0 spiro atoms. The third-order valence-corrected chi connectivity index (χ3v) is 13.4. The number of nitrogens with zero attached hydrogens (tertiary/aromatic N) is 1. The van der Waals surface area contributed by atoms with Crippen LogP contribution in [0.15, 0.2) is 23.8 Å². The molecule has 0 aliphatic carbocycles. The molecule has 0 radical (unpaired) electrons. The maximum absolute atomic E-state index is 13.8. The highest BCUT2D eigenvalue weighted by Crippen LogP contribution is 2.37. The van der Waals surface area contributed by atoms with Crippen molar-refractivity contribution < 1.29 is 82.5 Å². The largest absolute Gasteiger partial charge is 0.462 e. The molecule has 4 aliphatic heterocycles. The average molecular weight is 916 g/mol. The number of allylic oxidation sites excluding steroid dienone is 3. The van der Waals surface area contributed by atoms with Crippen molar-refractivity contribution in [2.45, 2.75) is 191 Å². The van der Waals surface area contributed by atoms with Gasteiger partial charge in [0, 0.05) is 44.8 Å². The van der Waals surface area contributed by atoms with E-state index in [9.17, 15) is 39.9 Å². The number of ether oxygens (including phenoxy) is 9. The van der Waals surface area contributed by atoms with Gasteiger partial charge in [0.05, 0.1) is 55.2 Å². The van der Waals surface area contributed by atoms with E-state index in [-0.39, 0.29) is 31.7 Å². The number of hydrogen-bond acceptors (Lipinski definition) is 18. The Morgan fingerprint density at radius 3 is 2.11 bits per heavy atom. The van der Waals surface area contributed by atoms with Crippen molar-refractivity contribution in [1.29, 1.82) is 0 Å². The van der Waals surface area contributed by atoms with E-state index < -0.39 is 140 Å². The van der Waals surface area contributed by atoms with E-state index >= 15 is 0 Å². The van der Waals surface area contributed by atoms with Crippen molar-refractivity contribution in [3.05, 3.63) is 23.8 Å². The lowest BCUT2D eigenvalue weighted by Gasteiger charge is -2.50. The van der Waals surface area contributed by atoms with Crippen LogP contribution in [-0.4, -0.2) is 187 Å². The first-order valence-corrected chi connectivity index (χ1v) is 22.7. The molecule has 0 aromatic carbocycles. The summed E-state index contributed by atoms with van der Waals surface area (Å²) >= 11 is 0. The average Bonchev–Trinajstić information content (AvgIpc) is 3.23. The number of aliphatic hydroxyl groups excluding tert-OH is 4. The zero-order chi connectivity index (χ0) is 47.8. The fraction of sp³-hybridized carbons (Fsp3) is 0.848. The van der Waals surface area contributed by atoms with Gasteiger partial charge in [-0.25, -0.2) is 0 Å². The fourth-order valence-corrected chi connectivity index (χ4v) is 9.51. The van der Waals surface area contributed by atoms with Crippen LogP contribution in [0.3, 0.4) is 0 Å². The van der Waals surface area contributed by atoms with E-state index in [2.05, 4.69) is 0 Å². The number of esters is 1. The summed E-state index contributed by atoms with van der Waals surface area (Å²) in [5, 5.41) is 55.8. The summed E-state index contributed by atoms with van der Waals surface area (Å²) in [6, 6.07) is -0.748. The molecular weight excluding hydrogens is 838 g/mol. The monoisotopic (exact) mass is 916 g/mol. The van der Waals surface area contributed by atoms with Crippen molar-refractivity contribution in [1.82, 2.24) is 4.90 Å². The van der Waals surface area contributed by atoms with Gasteiger partial charge in [0.25, 0.3) is 0 Å². The van der Waals surface area contributed by atoms with Gasteiger partial charge >= 0.3 is 5.97 Å². The lowest BCUT2D eigenvalue weighted by molar-refractivity contribution is -0.341. The quantitative estimate of drug-likeness (QED) is 0.131. The maximum Gasteiger partial charge on any atom is 0.308 e. The van der Waals surface area contributed by atoms with Crippen LogP contribution < -0.4 is 0 Å². The number of aldehydes is 1. The zero-order valence-corrected chi connectivity index (χ0v) is 39.7. The Morgan fingerprint density at radius 2 is 1.52 bits per heavy atom. The number of cyclic esters (lactones) is 1. The van der Waals surface area contributed by atoms with Gasteiger partial charge in [-0.2, -0.15) is 0 Å². The highest BCUT2D eigenvalue weighted by molar-refractivity contribution is 5.91. The van der Waals surface area contributed by atoms with Gasteiger partial charge in [0.15, 0.2) is 24.7 Å². The Hall–Kier alpha value is -2.27. The summed E-state index contributed by atoms with van der Waals surface area (Å²) < 4.78 is 54.7. The first-order chi connectivity index (χ1) is 30.1. The number of carbonyl (C=O) groups is 3. The first-order valence-electron chi connectivity index (χ1n) is 22.7. The fourth-order valence-electron chi connectivity index (χ4n) is 9.51. The molecular formula is C46H77NO17. The minimum Gasteiger partial charge on any atom is -0.462 e. The molecule has 18 nitrogen and oxygen atoms in total. The van der Waals surface area contributed by atoms with Crippen LogP contribution in [0.1, 0.15) is 87.5 Å². The molecule has 4 aliphatic rings. The van der Waals surface area contributed by atoms with Gasteiger partial charge in [-0.15, -0.1) is 0 Å². The van der Waals surface area contributed by atoms with Crippen molar-refractivity contribution >= 4 is 18.0 Å². The van der Waals surface area contributed by atoms with Crippen molar-refractivity contribution in [3.63, 3.8) is 0 Å². The molecule has 21 atom stereocenters. The summed E-state index contributed by atoms with van der Waals surface area (Å²) in [4.78, 5) is 41.5. The van der Waals surface area contributed by atoms with E-state index in [4.69, 9.17) is 42.6 Å². The van der Waals surface area contributed by atoms with E-state index in [1.165, 1.54) is 27.2 Å². The Bertz CT molecular complexity index is 1560. The molecule has 0 amide bonds. The van der Waals surface area contributed by atoms with Crippen LogP contribution in [0, 0.1) is 23.7 Å². The van der Waals surface area contributed by atoms with Crippen LogP contribution in [0.2, 0.25) is 0 Å². The van der Waals surface area contributed by atoms with E-state index in [1.807, 2.05) is 19.9 Å². The molecule has 0 saturated carbocycles. The maximum atomic E-state index is 13.8. The lowest BCUT2D eigenvalue weighted by Crippen LogP contribution is -2.65. The molecule has 21 unspecified atom stereocenters. The molecule has 4 rings (SSSR count). The summed E-state index contributed by atoms with van der Waals surface area (Å²) in [6.07, 6.45) is -8.49. The SMILES string of the molecule is CCC1OC(=O)CC(O)C(C)C(OC2OC(C)C(OC3CC(C)(O)C(O)C(C)O3)C(N(C)C)C2O)C(CC=O)CC(C)C(=O)/C=C\C(C)=C\C1COC1OC(C)C(O)C(OC)C1OC. The molecule has 3 saturated heterocycles. The number of hydrogen-bond donors (Lipinski definition) is 5.